The average Bonchev–Trinajstić information content (AvgIpc) is 2.78. The molecule has 7 heteroatoms. The van der Waals surface area contributed by atoms with Crippen LogP contribution < -0.4 is 0 Å². The molecule has 1 N–H and O–H groups in total. The van der Waals surface area contributed by atoms with Crippen LogP contribution in [0, 0.1) is 0 Å². The Bertz CT molecular complexity index is 507. The number of aliphatic hydroxyl groups is 1. The Labute approximate surface area is 124 Å². The Morgan fingerprint density at radius 2 is 2.14 bits per heavy atom. The molecule has 118 valence electrons. The summed E-state index contributed by atoms with van der Waals surface area (Å²) in [6.45, 7) is 6.74. The van der Waals surface area contributed by atoms with E-state index in [-0.39, 0.29) is 18.6 Å². The average molecular weight is 296 g/mol. The van der Waals surface area contributed by atoms with Crippen molar-refractivity contribution in [2.45, 2.75) is 51.7 Å². The Balaban J connectivity index is 2.07. The normalized spacial score (nSPS) is 19.7. The van der Waals surface area contributed by atoms with Crippen molar-refractivity contribution >= 4 is 6.09 Å². The fourth-order valence-corrected chi connectivity index (χ4v) is 2.55. The van der Waals surface area contributed by atoms with Crippen molar-refractivity contribution in [1.82, 2.24) is 19.7 Å². The van der Waals surface area contributed by atoms with Gasteiger partial charge in [0.2, 0.25) is 0 Å². The standard InChI is InChI=1S/C14H24N4O3/c1-14(2,3)21-13(20)18-7-5-6-10(8-18)12-16-15-11(9-19)17(12)4/h10,19H,5-9H2,1-4H3. The van der Waals surface area contributed by atoms with Crippen molar-refractivity contribution in [2.24, 2.45) is 7.05 Å². The van der Waals surface area contributed by atoms with E-state index in [4.69, 9.17) is 4.74 Å². The van der Waals surface area contributed by atoms with Crippen LogP contribution in [0.15, 0.2) is 0 Å². The summed E-state index contributed by atoms with van der Waals surface area (Å²) >= 11 is 0. The van der Waals surface area contributed by atoms with Crippen molar-refractivity contribution in [2.75, 3.05) is 13.1 Å². The quantitative estimate of drug-likeness (QED) is 0.892. The highest BCUT2D eigenvalue weighted by molar-refractivity contribution is 5.68. The first-order valence-electron chi connectivity index (χ1n) is 7.29. The van der Waals surface area contributed by atoms with Crippen LogP contribution in [0.2, 0.25) is 0 Å². The van der Waals surface area contributed by atoms with E-state index in [0.717, 1.165) is 18.7 Å². The number of aliphatic hydroxyl groups excluding tert-OH is 1. The van der Waals surface area contributed by atoms with Crippen LogP contribution in [0.4, 0.5) is 4.79 Å². The molecule has 2 rings (SSSR count). The van der Waals surface area contributed by atoms with Gasteiger partial charge < -0.3 is 19.3 Å². The van der Waals surface area contributed by atoms with Gasteiger partial charge in [-0.2, -0.15) is 0 Å². The Kier molecular flexibility index (Phi) is 4.51. The van der Waals surface area contributed by atoms with Gasteiger partial charge in [0.15, 0.2) is 5.82 Å². The molecule has 0 aromatic carbocycles. The first-order valence-corrected chi connectivity index (χ1v) is 7.29. The van der Waals surface area contributed by atoms with E-state index in [1.54, 1.807) is 4.90 Å². The Morgan fingerprint density at radius 3 is 2.71 bits per heavy atom. The number of hydrogen-bond acceptors (Lipinski definition) is 5. The molecule has 1 atom stereocenters. The molecule has 21 heavy (non-hydrogen) atoms. The predicted octanol–water partition coefficient (Wildman–Crippen LogP) is 1.42. The highest BCUT2D eigenvalue weighted by atomic mass is 16.6. The molecule has 2 heterocycles. The zero-order valence-corrected chi connectivity index (χ0v) is 13.2. The van der Waals surface area contributed by atoms with E-state index in [2.05, 4.69) is 10.2 Å². The molecule has 1 amide bonds. The number of likely N-dealkylation sites (tertiary alicyclic amines) is 1. The highest BCUT2D eigenvalue weighted by Crippen LogP contribution is 2.26. The summed E-state index contributed by atoms with van der Waals surface area (Å²) in [5.74, 6) is 1.48. The molecule has 7 nitrogen and oxygen atoms in total. The van der Waals surface area contributed by atoms with Crippen LogP contribution in [0.5, 0.6) is 0 Å². The Morgan fingerprint density at radius 1 is 1.43 bits per heavy atom. The van der Waals surface area contributed by atoms with Crippen molar-refractivity contribution < 1.29 is 14.6 Å². The van der Waals surface area contributed by atoms with Crippen LogP contribution in [0.1, 0.15) is 51.2 Å². The number of nitrogens with zero attached hydrogens (tertiary/aromatic N) is 4. The molecular weight excluding hydrogens is 272 g/mol. The summed E-state index contributed by atoms with van der Waals surface area (Å²) in [6.07, 6.45) is 1.58. The molecule has 1 saturated heterocycles. The number of carbonyl (C=O) groups excluding carboxylic acids is 1. The summed E-state index contributed by atoms with van der Waals surface area (Å²) in [4.78, 5) is 13.9. The van der Waals surface area contributed by atoms with Crippen LogP contribution in [-0.2, 0) is 18.4 Å². The lowest BCUT2D eigenvalue weighted by molar-refractivity contribution is 0.0195. The first kappa shape index (κ1) is 15.8. The van der Waals surface area contributed by atoms with Crippen molar-refractivity contribution in [3.8, 4) is 0 Å². The lowest BCUT2D eigenvalue weighted by atomic mass is 9.97. The SMILES string of the molecule is Cn1c(CO)nnc1C1CCCN(C(=O)OC(C)(C)C)C1. The van der Waals surface area contributed by atoms with Gasteiger partial charge in [-0.3, -0.25) is 0 Å². The van der Waals surface area contributed by atoms with E-state index >= 15 is 0 Å². The minimum Gasteiger partial charge on any atom is -0.444 e. The number of ether oxygens (including phenoxy) is 1. The molecule has 1 aromatic heterocycles. The highest BCUT2D eigenvalue weighted by Gasteiger charge is 2.30. The summed E-state index contributed by atoms with van der Waals surface area (Å²) in [5, 5.41) is 17.3. The topological polar surface area (TPSA) is 80.5 Å². The monoisotopic (exact) mass is 296 g/mol. The molecular formula is C14H24N4O3. The van der Waals surface area contributed by atoms with Gasteiger partial charge in [0, 0.05) is 26.1 Å². The minimum absolute atomic E-state index is 0.129. The summed E-state index contributed by atoms with van der Waals surface area (Å²) in [6, 6.07) is 0. The Hall–Kier alpha value is -1.63. The molecule has 0 saturated carbocycles. The van der Waals surface area contributed by atoms with Gasteiger partial charge in [-0.25, -0.2) is 4.79 Å². The van der Waals surface area contributed by atoms with Crippen LogP contribution in [0.25, 0.3) is 0 Å². The van der Waals surface area contributed by atoms with Gasteiger partial charge in [0.25, 0.3) is 0 Å². The van der Waals surface area contributed by atoms with Crippen LogP contribution >= 0.6 is 0 Å². The summed E-state index contributed by atoms with van der Waals surface area (Å²) in [5.41, 5.74) is -0.487. The molecule has 0 aliphatic carbocycles. The first-order chi connectivity index (χ1) is 9.81. The van der Waals surface area contributed by atoms with Gasteiger partial charge in [-0.1, -0.05) is 0 Å². The van der Waals surface area contributed by atoms with E-state index in [0.29, 0.717) is 18.9 Å². The molecule has 1 aromatic rings. The maximum atomic E-state index is 12.2. The molecule has 1 aliphatic rings. The van der Waals surface area contributed by atoms with E-state index in [1.165, 1.54) is 0 Å². The molecule has 1 fully saturated rings. The second kappa shape index (κ2) is 6.01. The van der Waals surface area contributed by atoms with E-state index in [9.17, 15) is 9.90 Å². The number of piperidine rings is 1. The third kappa shape index (κ3) is 3.72. The fourth-order valence-electron chi connectivity index (χ4n) is 2.55. The lowest BCUT2D eigenvalue weighted by Gasteiger charge is -2.33. The maximum absolute atomic E-state index is 12.2. The number of amides is 1. The third-order valence-corrected chi connectivity index (χ3v) is 3.58. The van der Waals surface area contributed by atoms with Gasteiger partial charge in [0.05, 0.1) is 0 Å². The number of aromatic nitrogens is 3. The molecule has 0 radical (unpaired) electrons. The van der Waals surface area contributed by atoms with Crippen LogP contribution in [0.3, 0.4) is 0 Å². The summed E-state index contributed by atoms with van der Waals surface area (Å²) < 4.78 is 7.23. The second-order valence-electron chi connectivity index (χ2n) is 6.46. The minimum atomic E-state index is -0.487. The largest absolute Gasteiger partial charge is 0.444 e. The fraction of sp³-hybridized carbons (Fsp3) is 0.786. The molecule has 1 aliphatic heterocycles. The lowest BCUT2D eigenvalue weighted by Crippen LogP contribution is -2.42. The smallest absolute Gasteiger partial charge is 0.410 e. The summed E-state index contributed by atoms with van der Waals surface area (Å²) in [7, 11) is 1.84. The van der Waals surface area contributed by atoms with Crippen molar-refractivity contribution in [3.63, 3.8) is 0 Å². The molecule has 1 unspecified atom stereocenters. The van der Waals surface area contributed by atoms with Gasteiger partial charge >= 0.3 is 6.09 Å². The third-order valence-electron chi connectivity index (χ3n) is 3.58. The van der Waals surface area contributed by atoms with Gasteiger partial charge in [0.1, 0.15) is 18.0 Å². The maximum Gasteiger partial charge on any atom is 0.410 e. The second-order valence-corrected chi connectivity index (χ2v) is 6.46. The van der Waals surface area contributed by atoms with Crippen molar-refractivity contribution in [3.05, 3.63) is 11.6 Å². The zero-order chi connectivity index (χ0) is 15.6. The molecule has 0 spiro atoms. The zero-order valence-electron chi connectivity index (χ0n) is 13.2. The van der Waals surface area contributed by atoms with Crippen LogP contribution in [-0.4, -0.2) is 49.6 Å². The number of carbonyl (C=O) groups is 1. The van der Waals surface area contributed by atoms with Crippen molar-refractivity contribution in [1.29, 1.82) is 0 Å². The predicted molar refractivity (Wildman–Crippen MR) is 76.7 cm³/mol. The van der Waals surface area contributed by atoms with Gasteiger partial charge in [-0.15, -0.1) is 10.2 Å². The number of rotatable bonds is 2. The van der Waals surface area contributed by atoms with Gasteiger partial charge in [-0.05, 0) is 33.6 Å². The van der Waals surface area contributed by atoms with E-state index in [1.807, 2.05) is 32.4 Å². The molecule has 0 bridgehead atoms. The van der Waals surface area contributed by atoms with E-state index < -0.39 is 5.60 Å². The number of hydrogen-bond donors (Lipinski definition) is 1.